The molecule has 0 N–H and O–H groups in total. The molecule has 0 radical (unpaired) electrons. The second-order valence-electron chi connectivity index (χ2n) is 6.03. The van der Waals surface area contributed by atoms with Crippen LogP contribution in [0.15, 0.2) is 30.3 Å². The van der Waals surface area contributed by atoms with Crippen LogP contribution in [0.1, 0.15) is 33.3 Å². The molecule has 18 heavy (non-hydrogen) atoms. The predicted molar refractivity (Wildman–Crippen MR) is 84.1 cm³/mol. The smallest absolute Gasteiger partial charge is 0.0233 e. The van der Waals surface area contributed by atoms with E-state index in [0.717, 1.165) is 25.0 Å². The minimum absolute atomic E-state index is 0.355. The van der Waals surface area contributed by atoms with Gasteiger partial charge in [-0.1, -0.05) is 74.0 Å². The van der Waals surface area contributed by atoms with Gasteiger partial charge >= 0.3 is 0 Å². The number of rotatable bonds is 6. The summed E-state index contributed by atoms with van der Waals surface area (Å²) in [5.74, 6) is 0.682. The quantitative estimate of drug-likeness (QED) is 0.696. The Morgan fingerprint density at radius 1 is 1.17 bits per heavy atom. The van der Waals surface area contributed by atoms with Gasteiger partial charge in [-0.3, -0.25) is 4.90 Å². The van der Waals surface area contributed by atoms with Gasteiger partial charge in [-0.05, 0) is 23.4 Å². The Balaban J connectivity index is 2.62. The van der Waals surface area contributed by atoms with Crippen molar-refractivity contribution in [1.82, 2.24) is 4.90 Å². The fraction of sp³-hybridized carbons (Fsp3) is 0.625. The Morgan fingerprint density at radius 3 is 2.22 bits per heavy atom. The number of alkyl halides is 1. The number of nitrogens with zero attached hydrogens (tertiary/aromatic N) is 1. The lowest BCUT2D eigenvalue weighted by molar-refractivity contribution is 0.165. The van der Waals surface area contributed by atoms with E-state index >= 15 is 0 Å². The van der Waals surface area contributed by atoms with Crippen LogP contribution in [-0.2, 0) is 6.54 Å². The van der Waals surface area contributed by atoms with Crippen LogP contribution in [0, 0.1) is 11.3 Å². The molecule has 0 saturated heterocycles. The molecule has 1 aromatic rings. The van der Waals surface area contributed by atoms with Crippen molar-refractivity contribution < 1.29 is 0 Å². The van der Waals surface area contributed by atoms with Crippen molar-refractivity contribution >= 4 is 15.9 Å². The predicted octanol–water partition coefficient (Wildman–Crippen LogP) is 4.57. The summed E-state index contributed by atoms with van der Waals surface area (Å²) in [5, 5.41) is 1.07. The number of hydrogen-bond acceptors (Lipinski definition) is 1. The van der Waals surface area contributed by atoms with E-state index < -0.39 is 0 Å². The molecule has 1 nitrogen and oxygen atoms in total. The van der Waals surface area contributed by atoms with Crippen LogP contribution in [0.4, 0.5) is 0 Å². The SMILES string of the molecule is CCN(Cc1ccccc1)CC(CBr)C(C)(C)C. The first-order chi connectivity index (χ1) is 8.47. The van der Waals surface area contributed by atoms with E-state index in [4.69, 9.17) is 0 Å². The summed E-state index contributed by atoms with van der Waals surface area (Å²) in [6.07, 6.45) is 0. The van der Waals surface area contributed by atoms with E-state index in [-0.39, 0.29) is 0 Å². The maximum absolute atomic E-state index is 3.67. The summed E-state index contributed by atoms with van der Waals surface area (Å²) in [6.45, 7) is 12.5. The van der Waals surface area contributed by atoms with Crippen molar-refractivity contribution in [3.05, 3.63) is 35.9 Å². The highest BCUT2D eigenvalue weighted by Crippen LogP contribution is 2.28. The standard InChI is InChI=1S/C16H26BrN/c1-5-18(12-14-9-7-6-8-10-14)13-15(11-17)16(2,3)4/h6-10,15H,5,11-13H2,1-4H3. The molecule has 1 atom stereocenters. The molecule has 0 fully saturated rings. The third kappa shape index (κ3) is 5.11. The first-order valence-electron chi connectivity index (χ1n) is 6.79. The van der Waals surface area contributed by atoms with Gasteiger partial charge in [0.25, 0.3) is 0 Å². The van der Waals surface area contributed by atoms with E-state index in [1.54, 1.807) is 0 Å². The molecule has 1 aromatic carbocycles. The Morgan fingerprint density at radius 2 is 1.78 bits per heavy atom. The Bertz CT molecular complexity index is 329. The molecular weight excluding hydrogens is 286 g/mol. The van der Waals surface area contributed by atoms with E-state index in [1.807, 2.05) is 0 Å². The summed E-state index contributed by atoms with van der Waals surface area (Å²) in [6, 6.07) is 10.7. The van der Waals surface area contributed by atoms with Crippen molar-refractivity contribution in [3.63, 3.8) is 0 Å². The lowest BCUT2D eigenvalue weighted by Gasteiger charge is -2.34. The Kier molecular flexibility index (Phi) is 6.37. The summed E-state index contributed by atoms with van der Waals surface area (Å²) in [4.78, 5) is 2.53. The molecule has 0 aliphatic rings. The van der Waals surface area contributed by atoms with Crippen LogP contribution >= 0.6 is 15.9 Å². The molecule has 0 aliphatic heterocycles. The monoisotopic (exact) mass is 311 g/mol. The van der Waals surface area contributed by atoms with Crippen molar-refractivity contribution in [2.75, 3.05) is 18.4 Å². The molecule has 2 heteroatoms. The number of benzene rings is 1. The van der Waals surface area contributed by atoms with Gasteiger partial charge in [0.15, 0.2) is 0 Å². The third-order valence-electron chi connectivity index (χ3n) is 3.59. The molecule has 1 unspecified atom stereocenters. The molecule has 0 saturated carbocycles. The zero-order valence-electron chi connectivity index (χ0n) is 12.1. The summed E-state index contributed by atoms with van der Waals surface area (Å²) in [7, 11) is 0. The second kappa shape index (κ2) is 7.30. The highest BCUT2D eigenvalue weighted by atomic mass is 79.9. The van der Waals surface area contributed by atoms with Crippen LogP contribution in [-0.4, -0.2) is 23.3 Å². The lowest BCUT2D eigenvalue weighted by atomic mass is 9.81. The normalized spacial score (nSPS) is 13.9. The summed E-state index contributed by atoms with van der Waals surface area (Å²) < 4.78 is 0. The lowest BCUT2D eigenvalue weighted by Crippen LogP contribution is -2.36. The first kappa shape index (κ1) is 15.7. The molecule has 0 aromatic heterocycles. The van der Waals surface area contributed by atoms with Crippen LogP contribution in [0.3, 0.4) is 0 Å². The van der Waals surface area contributed by atoms with E-state index in [2.05, 4.69) is 78.9 Å². The molecule has 0 bridgehead atoms. The maximum Gasteiger partial charge on any atom is 0.0233 e. The fourth-order valence-corrected chi connectivity index (χ4v) is 3.19. The van der Waals surface area contributed by atoms with Gasteiger partial charge in [-0.25, -0.2) is 0 Å². The molecular formula is C16H26BrN. The molecule has 0 heterocycles. The van der Waals surface area contributed by atoms with Crippen LogP contribution in [0.5, 0.6) is 0 Å². The zero-order valence-corrected chi connectivity index (χ0v) is 13.7. The average Bonchev–Trinajstić information content (AvgIpc) is 2.34. The molecule has 1 rings (SSSR count). The van der Waals surface area contributed by atoms with E-state index in [0.29, 0.717) is 11.3 Å². The number of halogens is 1. The maximum atomic E-state index is 3.67. The molecule has 102 valence electrons. The third-order valence-corrected chi connectivity index (χ3v) is 4.37. The van der Waals surface area contributed by atoms with Crippen molar-refractivity contribution in [2.24, 2.45) is 11.3 Å². The minimum Gasteiger partial charge on any atom is -0.299 e. The highest BCUT2D eigenvalue weighted by molar-refractivity contribution is 9.09. The highest BCUT2D eigenvalue weighted by Gasteiger charge is 2.25. The summed E-state index contributed by atoms with van der Waals surface area (Å²) in [5.41, 5.74) is 1.76. The van der Waals surface area contributed by atoms with Gasteiger partial charge in [0.05, 0.1) is 0 Å². The Hall–Kier alpha value is -0.340. The first-order valence-corrected chi connectivity index (χ1v) is 7.91. The molecule has 0 spiro atoms. The van der Waals surface area contributed by atoms with E-state index in [1.165, 1.54) is 5.56 Å². The molecule has 0 aliphatic carbocycles. The van der Waals surface area contributed by atoms with Gasteiger partial charge in [0.2, 0.25) is 0 Å². The van der Waals surface area contributed by atoms with Gasteiger partial charge in [0, 0.05) is 18.4 Å². The van der Waals surface area contributed by atoms with Crippen molar-refractivity contribution in [1.29, 1.82) is 0 Å². The van der Waals surface area contributed by atoms with Gasteiger partial charge in [-0.15, -0.1) is 0 Å². The molecule has 0 amide bonds. The van der Waals surface area contributed by atoms with Gasteiger partial charge in [-0.2, -0.15) is 0 Å². The van der Waals surface area contributed by atoms with Gasteiger partial charge < -0.3 is 0 Å². The second-order valence-corrected chi connectivity index (χ2v) is 6.68. The Labute approximate surface area is 121 Å². The fourth-order valence-electron chi connectivity index (χ4n) is 2.01. The average molecular weight is 312 g/mol. The van der Waals surface area contributed by atoms with Crippen LogP contribution in [0.25, 0.3) is 0 Å². The number of hydrogen-bond donors (Lipinski definition) is 0. The minimum atomic E-state index is 0.355. The largest absolute Gasteiger partial charge is 0.299 e. The zero-order chi connectivity index (χ0) is 13.6. The van der Waals surface area contributed by atoms with Gasteiger partial charge in [0.1, 0.15) is 0 Å². The summed E-state index contributed by atoms with van der Waals surface area (Å²) >= 11 is 3.67. The van der Waals surface area contributed by atoms with E-state index in [9.17, 15) is 0 Å². The van der Waals surface area contributed by atoms with Crippen molar-refractivity contribution in [3.8, 4) is 0 Å². The van der Waals surface area contributed by atoms with Crippen LogP contribution < -0.4 is 0 Å². The van der Waals surface area contributed by atoms with Crippen LogP contribution in [0.2, 0.25) is 0 Å². The van der Waals surface area contributed by atoms with Crippen molar-refractivity contribution in [2.45, 2.75) is 34.2 Å². The topological polar surface area (TPSA) is 3.24 Å².